The summed E-state index contributed by atoms with van der Waals surface area (Å²) in [7, 11) is 0. The molecule has 7 heteroatoms. The summed E-state index contributed by atoms with van der Waals surface area (Å²) in [6.45, 7) is 0.518. The van der Waals surface area contributed by atoms with Gasteiger partial charge in [0.2, 0.25) is 0 Å². The highest BCUT2D eigenvalue weighted by molar-refractivity contribution is 14.1. The van der Waals surface area contributed by atoms with Gasteiger partial charge in [-0.3, -0.25) is 4.79 Å². The second-order valence-corrected chi connectivity index (χ2v) is 9.74. The number of carbonyl (C=O) groups is 1. The summed E-state index contributed by atoms with van der Waals surface area (Å²) < 4.78 is 14.9. The van der Waals surface area contributed by atoms with Crippen molar-refractivity contribution in [1.82, 2.24) is 0 Å². The predicted octanol–water partition coefficient (Wildman–Crippen LogP) is 6.89. The second kappa shape index (κ2) is 10.8. The minimum Gasteiger partial charge on any atom is -0.488 e. The first-order valence-electron chi connectivity index (χ1n) is 8.76. The van der Waals surface area contributed by atoms with Gasteiger partial charge in [0.15, 0.2) is 5.75 Å². The highest BCUT2D eigenvalue weighted by Crippen LogP contribution is 2.35. The van der Waals surface area contributed by atoms with Crippen LogP contribution in [0.15, 0.2) is 60.7 Å². The van der Waals surface area contributed by atoms with Crippen LogP contribution in [0.2, 0.25) is 0 Å². The van der Waals surface area contributed by atoms with Crippen molar-refractivity contribution in [2.45, 2.75) is 19.4 Å². The van der Waals surface area contributed by atoms with E-state index in [4.69, 9.17) is 14.6 Å². The van der Waals surface area contributed by atoms with Crippen LogP contribution in [0.3, 0.4) is 0 Å². The number of carboxylic acid groups (broad SMARTS) is 1. The van der Waals surface area contributed by atoms with Gasteiger partial charge in [0.1, 0.15) is 18.1 Å². The van der Waals surface area contributed by atoms with E-state index in [1.165, 1.54) is 0 Å². The van der Waals surface area contributed by atoms with Crippen molar-refractivity contribution >= 4 is 73.7 Å². The van der Waals surface area contributed by atoms with Crippen LogP contribution < -0.4 is 9.47 Å². The first-order chi connectivity index (χ1) is 13.9. The van der Waals surface area contributed by atoms with E-state index in [-0.39, 0.29) is 6.42 Å². The van der Waals surface area contributed by atoms with Gasteiger partial charge in [-0.2, -0.15) is 0 Å². The normalized spacial score (nSPS) is 10.6. The monoisotopic (exact) mass is 726 g/mol. The molecule has 0 saturated carbocycles. The van der Waals surface area contributed by atoms with Crippen molar-refractivity contribution in [3.8, 4) is 17.2 Å². The third-order valence-electron chi connectivity index (χ3n) is 4.05. The number of aryl methyl sites for hydroxylation is 1. The van der Waals surface area contributed by atoms with E-state index in [0.29, 0.717) is 13.0 Å². The molecule has 0 aliphatic rings. The smallest absolute Gasteiger partial charge is 0.303 e. The molecule has 0 radical (unpaired) electrons. The molecule has 0 bridgehead atoms. The van der Waals surface area contributed by atoms with E-state index in [1.54, 1.807) is 0 Å². The molecular weight excluding hydrogens is 709 g/mol. The molecule has 0 aromatic heterocycles. The number of ether oxygens (including phenoxy) is 2. The van der Waals surface area contributed by atoms with Crippen molar-refractivity contribution in [2.24, 2.45) is 0 Å². The SMILES string of the molecule is O=C(O)CCc1cc(I)c(Oc2ccc(OCc3ccccc3)c(I)c2)c(I)c1. The summed E-state index contributed by atoms with van der Waals surface area (Å²) >= 11 is 6.70. The molecule has 3 rings (SSSR count). The van der Waals surface area contributed by atoms with Crippen LogP contribution >= 0.6 is 67.8 Å². The highest BCUT2D eigenvalue weighted by atomic mass is 127. The maximum Gasteiger partial charge on any atom is 0.303 e. The molecule has 1 N–H and O–H groups in total. The van der Waals surface area contributed by atoms with Crippen LogP contribution in [-0.4, -0.2) is 11.1 Å². The lowest BCUT2D eigenvalue weighted by molar-refractivity contribution is -0.136. The van der Waals surface area contributed by atoms with Crippen molar-refractivity contribution in [1.29, 1.82) is 0 Å². The Bertz CT molecular complexity index is 983. The van der Waals surface area contributed by atoms with Crippen LogP contribution in [0, 0.1) is 10.7 Å². The first kappa shape index (κ1) is 22.6. The zero-order valence-corrected chi connectivity index (χ0v) is 21.7. The van der Waals surface area contributed by atoms with Crippen LogP contribution in [0.4, 0.5) is 0 Å². The van der Waals surface area contributed by atoms with E-state index >= 15 is 0 Å². The molecule has 29 heavy (non-hydrogen) atoms. The molecule has 0 aliphatic carbocycles. The number of benzene rings is 3. The molecule has 150 valence electrons. The van der Waals surface area contributed by atoms with E-state index in [0.717, 1.165) is 39.1 Å². The molecule has 0 aliphatic heterocycles. The highest BCUT2D eigenvalue weighted by Gasteiger charge is 2.12. The standard InChI is InChI=1S/C22H17I3O4/c23-17-12-16(7-8-20(17)28-13-14-4-2-1-3-5-14)29-22-18(24)10-15(11-19(22)25)6-9-21(26)27/h1-5,7-8,10-12H,6,9,13H2,(H,26,27). The van der Waals surface area contributed by atoms with Gasteiger partial charge in [0.05, 0.1) is 10.7 Å². The zero-order valence-electron chi connectivity index (χ0n) is 15.2. The number of rotatable bonds is 8. The summed E-state index contributed by atoms with van der Waals surface area (Å²) in [5.74, 6) is 1.53. The first-order valence-corrected chi connectivity index (χ1v) is 12.0. The Labute approximate surface area is 210 Å². The molecule has 0 spiro atoms. The Kier molecular flexibility index (Phi) is 8.42. The molecule has 3 aromatic rings. The van der Waals surface area contributed by atoms with Gasteiger partial charge in [0, 0.05) is 6.42 Å². The van der Waals surface area contributed by atoms with E-state index in [9.17, 15) is 4.79 Å². The van der Waals surface area contributed by atoms with Crippen LogP contribution in [0.25, 0.3) is 0 Å². The number of halogens is 3. The fourth-order valence-electron chi connectivity index (χ4n) is 2.62. The Balaban J connectivity index is 1.70. The van der Waals surface area contributed by atoms with Gasteiger partial charge < -0.3 is 14.6 Å². The fraction of sp³-hybridized carbons (Fsp3) is 0.136. The summed E-state index contributed by atoms with van der Waals surface area (Å²) in [4.78, 5) is 10.8. The Morgan fingerprint density at radius 1 is 0.862 bits per heavy atom. The lowest BCUT2D eigenvalue weighted by Crippen LogP contribution is -2.00. The van der Waals surface area contributed by atoms with Crippen molar-refractivity contribution in [2.75, 3.05) is 0 Å². The topological polar surface area (TPSA) is 55.8 Å². The fourth-order valence-corrected chi connectivity index (χ4v) is 5.38. The zero-order chi connectivity index (χ0) is 20.8. The predicted molar refractivity (Wildman–Crippen MR) is 138 cm³/mol. The minimum atomic E-state index is -0.792. The molecule has 3 aromatic carbocycles. The van der Waals surface area contributed by atoms with Gasteiger partial charge in [-0.25, -0.2) is 0 Å². The summed E-state index contributed by atoms with van der Waals surface area (Å²) in [5.41, 5.74) is 2.11. The molecule has 0 atom stereocenters. The molecule has 0 amide bonds. The average molecular weight is 726 g/mol. The van der Waals surface area contributed by atoms with E-state index < -0.39 is 5.97 Å². The van der Waals surface area contributed by atoms with Crippen LogP contribution in [-0.2, 0) is 17.8 Å². The van der Waals surface area contributed by atoms with Crippen LogP contribution in [0.5, 0.6) is 17.2 Å². The molecule has 0 saturated heterocycles. The lowest BCUT2D eigenvalue weighted by atomic mass is 10.1. The van der Waals surface area contributed by atoms with E-state index in [2.05, 4.69) is 67.8 Å². The number of aliphatic carboxylic acids is 1. The van der Waals surface area contributed by atoms with Crippen molar-refractivity contribution in [3.63, 3.8) is 0 Å². The lowest BCUT2D eigenvalue weighted by Gasteiger charge is -2.14. The second-order valence-electron chi connectivity index (χ2n) is 6.25. The van der Waals surface area contributed by atoms with Crippen molar-refractivity contribution in [3.05, 3.63) is 82.5 Å². The van der Waals surface area contributed by atoms with E-state index in [1.807, 2.05) is 60.7 Å². The minimum absolute atomic E-state index is 0.120. The van der Waals surface area contributed by atoms with Gasteiger partial charge in [-0.15, -0.1) is 0 Å². The third-order valence-corrected chi connectivity index (χ3v) is 6.49. The largest absolute Gasteiger partial charge is 0.488 e. The van der Waals surface area contributed by atoms with Crippen LogP contribution in [0.1, 0.15) is 17.5 Å². The van der Waals surface area contributed by atoms with Gasteiger partial charge in [-0.1, -0.05) is 30.3 Å². The number of hydrogen-bond donors (Lipinski definition) is 1. The molecule has 4 nitrogen and oxygen atoms in total. The number of carboxylic acids is 1. The van der Waals surface area contributed by atoms with Gasteiger partial charge in [-0.05, 0) is 116 Å². The Hall–Kier alpha value is -1.08. The summed E-state index contributed by atoms with van der Waals surface area (Å²) in [5, 5.41) is 8.87. The molecule has 0 fully saturated rings. The average Bonchev–Trinajstić information content (AvgIpc) is 2.69. The maximum atomic E-state index is 10.8. The third kappa shape index (κ3) is 6.71. The number of hydrogen-bond acceptors (Lipinski definition) is 3. The summed E-state index contributed by atoms with van der Waals surface area (Å²) in [6, 6.07) is 19.8. The maximum absolute atomic E-state index is 10.8. The Morgan fingerprint density at radius 2 is 1.55 bits per heavy atom. The molecular formula is C22H17I3O4. The molecule has 0 heterocycles. The van der Waals surface area contributed by atoms with Gasteiger partial charge >= 0.3 is 5.97 Å². The Morgan fingerprint density at radius 3 is 2.17 bits per heavy atom. The molecule has 0 unspecified atom stereocenters. The summed E-state index contributed by atoms with van der Waals surface area (Å²) in [6.07, 6.45) is 0.627. The quantitative estimate of drug-likeness (QED) is 0.257. The van der Waals surface area contributed by atoms with Gasteiger partial charge in [0.25, 0.3) is 0 Å². The van der Waals surface area contributed by atoms with Crippen molar-refractivity contribution < 1.29 is 19.4 Å².